The molecule has 0 spiro atoms. The average molecular weight is 348 g/mol. The number of amides is 1. The van der Waals surface area contributed by atoms with Crippen molar-refractivity contribution in [3.63, 3.8) is 0 Å². The summed E-state index contributed by atoms with van der Waals surface area (Å²) in [5, 5.41) is 8.75. The summed E-state index contributed by atoms with van der Waals surface area (Å²) >= 11 is 5.24. The molecule has 126 valence electrons. The first-order valence-corrected chi connectivity index (χ1v) is 7.20. The predicted octanol–water partition coefficient (Wildman–Crippen LogP) is 2.36. The van der Waals surface area contributed by atoms with Gasteiger partial charge in [0.2, 0.25) is 0 Å². The van der Waals surface area contributed by atoms with E-state index in [1.807, 2.05) is 0 Å². The minimum Gasteiger partial charge on any atom is -0.496 e. The van der Waals surface area contributed by atoms with Gasteiger partial charge in [-0.3, -0.25) is 10.0 Å². The van der Waals surface area contributed by atoms with Gasteiger partial charge in [0.05, 0.1) is 12.7 Å². The Morgan fingerprint density at radius 1 is 1.48 bits per heavy atom. The molecule has 1 unspecified atom stereocenters. The largest absolute Gasteiger partial charge is 0.496 e. The Labute approximate surface area is 136 Å². The molecule has 1 aliphatic heterocycles. The summed E-state index contributed by atoms with van der Waals surface area (Å²) in [5.41, 5.74) is 0.800. The maximum absolute atomic E-state index is 13.1. The van der Waals surface area contributed by atoms with Crippen LogP contribution in [0.15, 0.2) is 18.2 Å². The molecule has 0 bridgehead atoms. The van der Waals surface area contributed by atoms with Crippen molar-refractivity contribution in [2.45, 2.75) is 25.1 Å². The van der Waals surface area contributed by atoms with E-state index in [2.05, 4.69) is 0 Å². The lowest BCUT2D eigenvalue weighted by molar-refractivity contribution is -0.138. The highest BCUT2D eigenvalue weighted by Crippen LogP contribution is 2.37. The molecular formula is C14H15F3N2O3S. The van der Waals surface area contributed by atoms with Crippen molar-refractivity contribution in [3.05, 3.63) is 29.3 Å². The second kappa shape index (κ2) is 6.71. The lowest BCUT2D eigenvalue weighted by atomic mass is 10.1. The zero-order valence-corrected chi connectivity index (χ0v) is 13.0. The summed E-state index contributed by atoms with van der Waals surface area (Å²) in [4.78, 5) is 13.3. The second-order valence-electron chi connectivity index (χ2n) is 5.05. The Morgan fingerprint density at radius 3 is 2.74 bits per heavy atom. The molecule has 1 amide bonds. The normalized spacial score (nSPS) is 18.0. The molecule has 1 heterocycles. The van der Waals surface area contributed by atoms with Crippen LogP contribution < -0.4 is 10.2 Å². The van der Waals surface area contributed by atoms with Gasteiger partial charge in [0.15, 0.2) is 0 Å². The van der Waals surface area contributed by atoms with Crippen LogP contribution in [0.5, 0.6) is 5.75 Å². The third-order valence-electron chi connectivity index (χ3n) is 3.68. The number of nitrogens with zero attached hydrogens (tertiary/aromatic N) is 1. The van der Waals surface area contributed by atoms with Crippen LogP contribution in [0.25, 0.3) is 0 Å². The number of halogens is 3. The van der Waals surface area contributed by atoms with E-state index in [9.17, 15) is 18.0 Å². The fourth-order valence-electron chi connectivity index (χ4n) is 2.59. The highest BCUT2D eigenvalue weighted by molar-refractivity contribution is 7.80. The third kappa shape index (κ3) is 3.56. The number of likely N-dealkylation sites (tertiary alicyclic amines) is 1. The molecule has 0 saturated carbocycles. The van der Waals surface area contributed by atoms with Gasteiger partial charge in [-0.1, -0.05) is 12.2 Å². The SMILES string of the molecule is COc1ccc(C(=S)N2CCCC2C(=O)NO)cc1C(F)(F)F. The van der Waals surface area contributed by atoms with Crippen LogP contribution in [-0.2, 0) is 11.0 Å². The monoisotopic (exact) mass is 348 g/mol. The highest BCUT2D eigenvalue weighted by atomic mass is 32.1. The van der Waals surface area contributed by atoms with E-state index >= 15 is 0 Å². The smallest absolute Gasteiger partial charge is 0.419 e. The maximum Gasteiger partial charge on any atom is 0.419 e. The molecule has 1 aromatic rings. The maximum atomic E-state index is 13.1. The van der Waals surface area contributed by atoms with Crippen LogP contribution in [0.2, 0.25) is 0 Å². The summed E-state index contributed by atoms with van der Waals surface area (Å²) < 4.78 is 44.0. The van der Waals surface area contributed by atoms with Crippen LogP contribution in [0, 0.1) is 0 Å². The Balaban J connectivity index is 2.34. The lowest BCUT2D eigenvalue weighted by Crippen LogP contribution is -2.44. The number of alkyl halides is 3. The topological polar surface area (TPSA) is 61.8 Å². The number of methoxy groups -OCH3 is 1. The summed E-state index contributed by atoms with van der Waals surface area (Å²) in [7, 11) is 1.16. The van der Waals surface area contributed by atoms with Gasteiger partial charge < -0.3 is 9.64 Å². The number of nitrogens with one attached hydrogen (secondary N) is 1. The molecule has 1 aromatic carbocycles. The fourth-order valence-corrected chi connectivity index (χ4v) is 2.93. The zero-order valence-electron chi connectivity index (χ0n) is 12.2. The molecule has 0 aliphatic carbocycles. The number of thiocarbonyl (C=S) groups is 1. The van der Waals surface area contributed by atoms with E-state index in [0.29, 0.717) is 19.4 Å². The number of benzene rings is 1. The molecule has 0 radical (unpaired) electrons. The molecule has 9 heteroatoms. The number of carbonyl (C=O) groups excluding carboxylic acids is 1. The molecule has 23 heavy (non-hydrogen) atoms. The predicted molar refractivity (Wildman–Crippen MR) is 79.4 cm³/mol. The van der Waals surface area contributed by atoms with Crippen molar-refractivity contribution in [1.82, 2.24) is 10.4 Å². The van der Waals surface area contributed by atoms with Gasteiger partial charge >= 0.3 is 6.18 Å². The molecule has 2 rings (SSSR count). The molecule has 2 N–H and O–H groups in total. The molecule has 5 nitrogen and oxygen atoms in total. The quantitative estimate of drug-likeness (QED) is 0.499. The van der Waals surface area contributed by atoms with E-state index < -0.39 is 23.7 Å². The fraction of sp³-hybridized carbons (Fsp3) is 0.429. The van der Waals surface area contributed by atoms with Crippen molar-refractivity contribution < 1.29 is 27.9 Å². The van der Waals surface area contributed by atoms with Gasteiger partial charge in [-0.2, -0.15) is 13.2 Å². The summed E-state index contributed by atoms with van der Waals surface area (Å²) in [5.74, 6) is -0.926. The Hall–Kier alpha value is -1.87. The number of ether oxygens (including phenoxy) is 1. The number of hydroxylamine groups is 1. The molecule has 1 atom stereocenters. The lowest BCUT2D eigenvalue weighted by Gasteiger charge is -2.26. The number of hydrogen-bond acceptors (Lipinski definition) is 4. The van der Waals surface area contributed by atoms with E-state index in [4.69, 9.17) is 22.2 Å². The standard InChI is InChI=1S/C14H15F3N2O3S/c1-22-11-5-4-8(7-9(11)14(15,16)17)13(23)19-6-2-3-10(19)12(20)18-21/h4-5,7,10,21H,2-3,6H2,1H3,(H,18,20). The minimum atomic E-state index is -4.58. The van der Waals surface area contributed by atoms with Gasteiger partial charge in [0.1, 0.15) is 16.8 Å². The number of rotatable bonds is 3. The summed E-state index contributed by atoms with van der Waals surface area (Å²) in [6.45, 7) is 0.435. The van der Waals surface area contributed by atoms with Crippen LogP contribution in [0.3, 0.4) is 0 Å². The van der Waals surface area contributed by atoms with Gasteiger partial charge in [-0.25, -0.2) is 5.48 Å². The van der Waals surface area contributed by atoms with Crippen molar-refractivity contribution >= 4 is 23.1 Å². The minimum absolute atomic E-state index is 0.129. The second-order valence-corrected chi connectivity index (χ2v) is 5.43. The number of carbonyl (C=O) groups is 1. The van der Waals surface area contributed by atoms with Crippen LogP contribution in [0.4, 0.5) is 13.2 Å². The number of hydrogen-bond donors (Lipinski definition) is 2. The van der Waals surface area contributed by atoms with Crippen molar-refractivity contribution in [3.8, 4) is 5.75 Å². The van der Waals surface area contributed by atoms with E-state index in [1.165, 1.54) is 17.0 Å². The zero-order chi connectivity index (χ0) is 17.2. The molecular weight excluding hydrogens is 333 g/mol. The van der Waals surface area contributed by atoms with E-state index in [1.54, 1.807) is 5.48 Å². The van der Waals surface area contributed by atoms with Crippen molar-refractivity contribution in [2.75, 3.05) is 13.7 Å². The van der Waals surface area contributed by atoms with Crippen LogP contribution >= 0.6 is 12.2 Å². The average Bonchev–Trinajstić information content (AvgIpc) is 3.01. The van der Waals surface area contributed by atoms with Crippen molar-refractivity contribution in [1.29, 1.82) is 0 Å². The van der Waals surface area contributed by atoms with Crippen molar-refractivity contribution in [2.24, 2.45) is 0 Å². The van der Waals surface area contributed by atoms with Gasteiger partial charge in [0.25, 0.3) is 5.91 Å². The van der Waals surface area contributed by atoms with Gasteiger partial charge in [0, 0.05) is 12.1 Å². The first-order valence-electron chi connectivity index (χ1n) is 6.79. The Morgan fingerprint density at radius 2 is 2.17 bits per heavy atom. The third-order valence-corrected chi connectivity index (χ3v) is 4.15. The highest BCUT2D eigenvalue weighted by Gasteiger charge is 2.36. The Bertz CT molecular complexity index is 622. The molecule has 1 saturated heterocycles. The van der Waals surface area contributed by atoms with Gasteiger partial charge in [-0.15, -0.1) is 0 Å². The molecule has 0 aromatic heterocycles. The van der Waals surface area contributed by atoms with Crippen LogP contribution in [-0.4, -0.2) is 40.7 Å². The first kappa shape index (κ1) is 17.5. The first-order chi connectivity index (χ1) is 10.8. The summed E-state index contributed by atoms with van der Waals surface area (Å²) in [6, 6.07) is 2.83. The Kier molecular flexibility index (Phi) is 5.10. The molecule has 1 fully saturated rings. The summed E-state index contributed by atoms with van der Waals surface area (Å²) in [6.07, 6.45) is -3.46. The van der Waals surface area contributed by atoms with Crippen LogP contribution in [0.1, 0.15) is 24.0 Å². The molecule has 1 aliphatic rings. The van der Waals surface area contributed by atoms with E-state index in [-0.39, 0.29) is 16.3 Å². The van der Waals surface area contributed by atoms with Gasteiger partial charge in [-0.05, 0) is 31.0 Å². The van der Waals surface area contributed by atoms with E-state index in [0.717, 1.165) is 13.2 Å².